The maximum absolute atomic E-state index is 4.56. The molecule has 0 spiro atoms. The Kier molecular flexibility index (Phi) is 6.44. The van der Waals surface area contributed by atoms with Crippen LogP contribution in [0.15, 0.2) is 31.0 Å². The Bertz CT molecular complexity index is 345. The van der Waals surface area contributed by atoms with Crippen LogP contribution in [0.1, 0.15) is 38.8 Å². The molecule has 0 aliphatic rings. The monoisotopic (exact) mass is 247 g/mol. The van der Waals surface area contributed by atoms with Gasteiger partial charge in [0.15, 0.2) is 0 Å². The number of pyridine rings is 1. The average Bonchev–Trinajstić information content (AvgIpc) is 2.39. The number of rotatable bonds is 8. The molecular weight excluding hydrogens is 222 g/mol. The van der Waals surface area contributed by atoms with Crippen molar-refractivity contribution in [3.63, 3.8) is 0 Å². The number of nitrogens with one attached hydrogen (secondary N) is 1. The maximum atomic E-state index is 4.56. The molecule has 0 aromatic carbocycles. The minimum Gasteiger partial charge on any atom is -0.353 e. The maximum Gasteiger partial charge on any atom is 0.128 e. The fourth-order valence-corrected chi connectivity index (χ4v) is 1.99. The van der Waals surface area contributed by atoms with Crippen molar-refractivity contribution in [1.29, 1.82) is 0 Å². The van der Waals surface area contributed by atoms with E-state index in [9.17, 15) is 0 Å². The van der Waals surface area contributed by atoms with Gasteiger partial charge in [-0.05, 0) is 31.5 Å². The van der Waals surface area contributed by atoms with Gasteiger partial charge in [-0.1, -0.05) is 26.0 Å². The van der Waals surface area contributed by atoms with E-state index in [2.05, 4.69) is 54.7 Å². The first kappa shape index (κ1) is 14.7. The quantitative estimate of drug-likeness (QED) is 0.715. The van der Waals surface area contributed by atoms with Crippen LogP contribution in [0.5, 0.6) is 0 Å². The largest absolute Gasteiger partial charge is 0.353 e. The molecule has 1 atom stereocenters. The van der Waals surface area contributed by atoms with Gasteiger partial charge in [0.1, 0.15) is 5.82 Å². The summed E-state index contributed by atoms with van der Waals surface area (Å²) in [5, 5.41) is 3.39. The second-order valence-corrected chi connectivity index (χ2v) is 4.46. The van der Waals surface area contributed by atoms with Gasteiger partial charge in [-0.2, -0.15) is 0 Å². The first-order chi connectivity index (χ1) is 8.72. The van der Waals surface area contributed by atoms with Gasteiger partial charge in [-0.15, -0.1) is 6.58 Å². The highest BCUT2D eigenvalue weighted by Gasteiger charge is 2.07. The van der Waals surface area contributed by atoms with E-state index in [1.54, 1.807) is 0 Å². The van der Waals surface area contributed by atoms with Crippen LogP contribution >= 0.6 is 0 Å². The summed E-state index contributed by atoms with van der Waals surface area (Å²) in [5.74, 6) is 1.03. The number of aromatic nitrogens is 1. The number of hydrogen-bond donors (Lipinski definition) is 1. The summed E-state index contributed by atoms with van der Waals surface area (Å²) in [7, 11) is 0. The summed E-state index contributed by atoms with van der Waals surface area (Å²) in [4.78, 5) is 6.80. The van der Waals surface area contributed by atoms with Crippen LogP contribution in [0.3, 0.4) is 0 Å². The lowest BCUT2D eigenvalue weighted by Gasteiger charge is -2.22. The van der Waals surface area contributed by atoms with Crippen LogP contribution in [-0.4, -0.2) is 24.6 Å². The van der Waals surface area contributed by atoms with E-state index < -0.39 is 0 Å². The Morgan fingerprint density at radius 1 is 1.44 bits per heavy atom. The summed E-state index contributed by atoms with van der Waals surface area (Å²) >= 11 is 0. The van der Waals surface area contributed by atoms with Gasteiger partial charge in [-0.3, -0.25) is 0 Å². The van der Waals surface area contributed by atoms with Gasteiger partial charge in [0, 0.05) is 25.3 Å². The molecule has 1 N–H and O–H groups in total. The highest BCUT2D eigenvalue weighted by Crippen LogP contribution is 2.16. The smallest absolute Gasteiger partial charge is 0.128 e. The van der Waals surface area contributed by atoms with Crippen molar-refractivity contribution in [2.75, 3.05) is 24.5 Å². The van der Waals surface area contributed by atoms with Gasteiger partial charge >= 0.3 is 0 Å². The van der Waals surface area contributed by atoms with E-state index >= 15 is 0 Å². The molecule has 1 aromatic heterocycles. The third-order valence-electron chi connectivity index (χ3n) is 2.95. The molecule has 1 heterocycles. The van der Waals surface area contributed by atoms with Crippen molar-refractivity contribution in [3.05, 3.63) is 36.5 Å². The molecule has 0 amide bonds. The summed E-state index contributed by atoms with van der Waals surface area (Å²) in [6.45, 7) is 13.1. The molecule has 0 saturated heterocycles. The lowest BCUT2D eigenvalue weighted by molar-refractivity contribution is 0.596. The number of anilines is 1. The highest BCUT2D eigenvalue weighted by atomic mass is 15.2. The van der Waals surface area contributed by atoms with Crippen molar-refractivity contribution in [3.8, 4) is 0 Å². The molecular formula is C15H25N3. The first-order valence-electron chi connectivity index (χ1n) is 6.78. The van der Waals surface area contributed by atoms with E-state index in [0.29, 0.717) is 6.04 Å². The van der Waals surface area contributed by atoms with Crippen LogP contribution in [0, 0.1) is 0 Å². The number of nitrogens with zero attached hydrogens (tertiary/aromatic N) is 2. The minimum absolute atomic E-state index is 0.357. The van der Waals surface area contributed by atoms with Gasteiger partial charge in [0.2, 0.25) is 0 Å². The van der Waals surface area contributed by atoms with Crippen molar-refractivity contribution < 1.29 is 0 Å². The zero-order valence-electron chi connectivity index (χ0n) is 11.8. The Balaban J connectivity index is 2.76. The standard InChI is InChI=1S/C15H25N3/c1-5-10-18(11-6-2)15-9-8-14(12-17-15)13(4)16-7-3/h5,8-9,12-13,16H,1,6-7,10-11H2,2-4H3. The second-order valence-electron chi connectivity index (χ2n) is 4.46. The zero-order valence-corrected chi connectivity index (χ0v) is 11.8. The zero-order chi connectivity index (χ0) is 13.4. The number of hydrogen-bond acceptors (Lipinski definition) is 3. The van der Waals surface area contributed by atoms with Gasteiger partial charge in [0.25, 0.3) is 0 Å². The van der Waals surface area contributed by atoms with E-state index in [1.807, 2.05) is 12.3 Å². The molecule has 0 radical (unpaired) electrons. The minimum atomic E-state index is 0.357. The SMILES string of the molecule is C=CCN(CCC)c1ccc(C(C)NCC)cn1. The van der Waals surface area contributed by atoms with E-state index in [4.69, 9.17) is 0 Å². The molecule has 3 heteroatoms. The van der Waals surface area contributed by atoms with Gasteiger partial charge in [-0.25, -0.2) is 4.98 Å². The topological polar surface area (TPSA) is 28.2 Å². The van der Waals surface area contributed by atoms with Crippen molar-refractivity contribution in [2.45, 2.75) is 33.2 Å². The molecule has 0 aliphatic heterocycles. The normalized spacial score (nSPS) is 12.2. The second kappa shape index (κ2) is 7.88. The third-order valence-corrected chi connectivity index (χ3v) is 2.95. The summed E-state index contributed by atoms with van der Waals surface area (Å²) in [6, 6.07) is 4.61. The lowest BCUT2D eigenvalue weighted by atomic mass is 10.1. The van der Waals surface area contributed by atoms with Crippen LogP contribution in [-0.2, 0) is 0 Å². The van der Waals surface area contributed by atoms with Gasteiger partial charge in [0.05, 0.1) is 0 Å². The summed E-state index contributed by atoms with van der Waals surface area (Å²) in [6.07, 6.45) is 5.01. The Morgan fingerprint density at radius 2 is 2.22 bits per heavy atom. The Labute approximate surface area is 111 Å². The van der Waals surface area contributed by atoms with Crippen LogP contribution in [0.25, 0.3) is 0 Å². The molecule has 0 fully saturated rings. The van der Waals surface area contributed by atoms with Crippen LogP contribution < -0.4 is 10.2 Å². The molecule has 100 valence electrons. The van der Waals surface area contributed by atoms with Gasteiger partial charge < -0.3 is 10.2 Å². The van der Waals surface area contributed by atoms with Crippen LogP contribution in [0.2, 0.25) is 0 Å². The fourth-order valence-electron chi connectivity index (χ4n) is 1.99. The Morgan fingerprint density at radius 3 is 2.72 bits per heavy atom. The predicted octanol–water partition coefficient (Wildman–Crippen LogP) is 3.15. The first-order valence-corrected chi connectivity index (χ1v) is 6.78. The van der Waals surface area contributed by atoms with E-state index in [0.717, 1.165) is 31.9 Å². The van der Waals surface area contributed by atoms with E-state index in [1.165, 1.54) is 5.56 Å². The fraction of sp³-hybridized carbons (Fsp3) is 0.533. The van der Waals surface area contributed by atoms with Crippen molar-refractivity contribution in [1.82, 2.24) is 10.3 Å². The van der Waals surface area contributed by atoms with Crippen molar-refractivity contribution >= 4 is 5.82 Å². The summed E-state index contributed by atoms with van der Waals surface area (Å²) < 4.78 is 0. The molecule has 1 rings (SSSR count). The third kappa shape index (κ3) is 4.15. The average molecular weight is 247 g/mol. The highest BCUT2D eigenvalue weighted by molar-refractivity contribution is 5.40. The molecule has 3 nitrogen and oxygen atoms in total. The van der Waals surface area contributed by atoms with Crippen LogP contribution in [0.4, 0.5) is 5.82 Å². The molecule has 0 aliphatic carbocycles. The van der Waals surface area contributed by atoms with Crippen molar-refractivity contribution in [2.24, 2.45) is 0 Å². The lowest BCUT2D eigenvalue weighted by Crippen LogP contribution is -2.25. The molecule has 0 saturated carbocycles. The summed E-state index contributed by atoms with van der Waals surface area (Å²) in [5.41, 5.74) is 1.23. The molecule has 18 heavy (non-hydrogen) atoms. The van der Waals surface area contributed by atoms with E-state index in [-0.39, 0.29) is 0 Å². The Hall–Kier alpha value is -1.35. The molecule has 1 unspecified atom stereocenters. The molecule has 0 bridgehead atoms. The predicted molar refractivity (Wildman–Crippen MR) is 79.0 cm³/mol. The molecule has 1 aromatic rings.